The second kappa shape index (κ2) is 10.1. The average Bonchev–Trinajstić information content (AvgIpc) is 2.97. The Morgan fingerprint density at radius 1 is 1.32 bits per heavy atom. The number of phosphoric acid groups is 1. The van der Waals surface area contributed by atoms with Crippen molar-refractivity contribution in [3.05, 3.63) is 11.1 Å². The van der Waals surface area contributed by atoms with Gasteiger partial charge in [-0.05, 0) is 13.8 Å². The Balaban J connectivity index is 3.01. The number of oxime groups is 1. The Morgan fingerprint density at radius 3 is 2.44 bits per heavy atom. The summed E-state index contributed by atoms with van der Waals surface area (Å²) in [5.41, 5.74) is 5.07. The molecule has 1 rings (SSSR count). The lowest BCUT2D eigenvalue weighted by molar-refractivity contribution is -0.146. The molecule has 0 fully saturated rings. The van der Waals surface area contributed by atoms with Crippen LogP contribution in [0.15, 0.2) is 10.5 Å². The van der Waals surface area contributed by atoms with Gasteiger partial charge in [0.25, 0.3) is 0 Å². The van der Waals surface area contributed by atoms with Crippen LogP contribution in [0, 0.1) is 0 Å². The first-order valence-electron chi connectivity index (χ1n) is 6.96. The number of aromatic nitrogens is 1. The number of nitrogens with zero attached hydrogens (tertiary/aromatic N) is 2. The highest BCUT2D eigenvalue weighted by molar-refractivity contribution is 7.49. The average molecular weight is 395 g/mol. The minimum atomic E-state index is -4.13. The number of thiazole rings is 1. The van der Waals surface area contributed by atoms with E-state index in [1.54, 1.807) is 13.8 Å². The molecule has 0 aromatic carbocycles. The molecule has 0 amide bonds. The zero-order chi connectivity index (χ0) is 18.9. The van der Waals surface area contributed by atoms with Gasteiger partial charge in [0.1, 0.15) is 5.69 Å². The number of hydrogen-bond acceptors (Lipinski definition) is 12. The number of rotatable bonds is 10. The fraction of sp³-hybridized carbons (Fsp3) is 0.500. The molecular formula is C12H18N3O8PS. The highest BCUT2D eigenvalue weighted by atomic mass is 32.1. The van der Waals surface area contributed by atoms with Crippen molar-refractivity contribution < 1.29 is 37.3 Å². The summed E-state index contributed by atoms with van der Waals surface area (Å²) in [5, 5.41) is 5.06. The van der Waals surface area contributed by atoms with Gasteiger partial charge in [0.15, 0.2) is 5.13 Å². The summed E-state index contributed by atoms with van der Waals surface area (Å²) in [6.07, 6.45) is 0. The number of phosphoric ester groups is 1. The van der Waals surface area contributed by atoms with E-state index >= 15 is 0 Å². The highest BCUT2D eigenvalue weighted by Crippen LogP contribution is 2.49. The third kappa shape index (κ3) is 6.78. The van der Waals surface area contributed by atoms with E-state index < -0.39 is 32.1 Å². The number of hydrogen-bond donors (Lipinski definition) is 1. The van der Waals surface area contributed by atoms with Crippen molar-refractivity contribution in [2.75, 3.05) is 32.7 Å². The lowest BCUT2D eigenvalue weighted by Gasteiger charge is -2.15. The summed E-state index contributed by atoms with van der Waals surface area (Å²) in [4.78, 5) is 32.0. The molecule has 0 aliphatic rings. The van der Waals surface area contributed by atoms with E-state index in [4.69, 9.17) is 24.1 Å². The van der Waals surface area contributed by atoms with Gasteiger partial charge in [0.2, 0.25) is 12.3 Å². The Bertz CT molecular complexity index is 667. The van der Waals surface area contributed by atoms with Crippen molar-refractivity contribution in [1.82, 2.24) is 4.98 Å². The summed E-state index contributed by atoms with van der Waals surface area (Å²) in [5.74, 6) is -1.90. The van der Waals surface area contributed by atoms with E-state index in [9.17, 15) is 14.2 Å². The molecule has 1 aromatic heterocycles. The van der Waals surface area contributed by atoms with Crippen LogP contribution in [-0.2, 0) is 37.3 Å². The predicted octanol–water partition coefficient (Wildman–Crippen LogP) is 1.34. The van der Waals surface area contributed by atoms with E-state index in [0.717, 1.165) is 18.4 Å². The van der Waals surface area contributed by atoms with Crippen molar-refractivity contribution >= 4 is 41.9 Å². The predicted molar refractivity (Wildman–Crippen MR) is 88.0 cm³/mol. The molecular weight excluding hydrogens is 377 g/mol. The number of carbonyl (C=O) groups excluding carboxylic acids is 2. The van der Waals surface area contributed by atoms with E-state index in [-0.39, 0.29) is 24.0 Å². The maximum Gasteiger partial charge on any atom is 0.532 e. The second-order valence-electron chi connectivity index (χ2n) is 4.02. The minimum absolute atomic E-state index is 0.0110. The van der Waals surface area contributed by atoms with E-state index in [1.807, 2.05) is 0 Å². The quantitative estimate of drug-likeness (QED) is 0.266. The third-order valence-corrected chi connectivity index (χ3v) is 4.51. The first-order valence-corrected chi connectivity index (χ1v) is 9.30. The normalized spacial score (nSPS) is 11.9. The number of esters is 1. The number of anilines is 1. The van der Waals surface area contributed by atoms with Crippen molar-refractivity contribution in [2.45, 2.75) is 13.8 Å². The smallest absolute Gasteiger partial charge is 0.466 e. The molecule has 140 valence electrons. The summed E-state index contributed by atoms with van der Waals surface area (Å²) in [6.45, 7) is 2.52. The van der Waals surface area contributed by atoms with E-state index in [0.29, 0.717) is 0 Å². The standard InChI is InChI=1S/C12H18N3O8PS/c1-4-21-24(18,22-5-2)23-11(17)10(8-7-25-12(13)14-8)15-20-6-9(16)19-3/h7H,4-6H2,1-3H3,(H2,13,14)/b15-10+. The van der Waals surface area contributed by atoms with Crippen molar-refractivity contribution in [3.8, 4) is 0 Å². The molecule has 13 heteroatoms. The summed E-state index contributed by atoms with van der Waals surface area (Å²) in [7, 11) is -2.97. The maximum absolute atomic E-state index is 12.3. The van der Waals surface area contributed by atoms with E-state index in [2.05, 4.69) is 14.9 Å². The number of carbonyl (C=O) groups is 2. The fourth-order valence-corrected chi connectivity index (χ4v) is 2.99. The van der Waals surface area contributed by atoms with Crippen LogP contribution in [0.2, 0.25) is 0 Å². The first-order chi connectivity index (χ1) is 11.8. The van der Waals surface area contributed by atoms with Crippen LogP contribution >= 0.6 is 19.2 Å². The topological polar surface area (TPSA) is 149 Å². The third-order valence-electron chi connectivity index (χ3n) is 2.29. The van der Waals surface area contributed by atoms with Gasteiger partial charge in [-0.2, -0.15) is 0 Å². The van der Waals surface area contributed by atoms with Gasteiger partial charge in [-0.1, -0.05) is 5.16 Å². The van der Waals surface area contributed by atoms with Crippen LogP contribution in [0.5, 0.6) is 0 Å². The fourth-order valence-electron chi connectivity index (χ4n) is 1.34. The first kappa shape index (κ1) is 21.0. The van der Waals surface area contributed by atoms with Crippen molar-refractivity contribution in [2.24, 2.45) is 5.16 Å². The number of methoxy groups -OCH3 is 1. The lowest BCUT2D eigenvalue weighted by atomic mass is 10.3. The molecule has 0 atom stereocenters. The van der Waals surface area contributed by atoms with Crippen LogP contribution in [0.4, 0.5) is 5.13 Å². The van der Waals surface area contributed by atoms with Crippen LogP contribution < -0.4 is 5.73 Å². The SMILES string of the molecule is CCOP(=O)(OCC)OC(=O)/C(=N/OCC(=O)OC)c1csc(N)n1. The Labute approximate surface area is 147 Å². The molecule has 0 unspecified atom stereocenters. The largest absolute Gasteiger partial charge is 0.532 e. The highest BCUT2D eigenvalue weighted by Gasteiger charge is 2.34. The molecule has 0 aliphatic carbocycles. The Hall–Kier alpha value is -2.01. The number of nitrogen functional groups attached to an aromatic ring is 1. The van der Waals surface area contributed by atoms with Crippen molar-refractivity contribution in [3.63, 3.8) is 0 Å². The molecule has 0 bridgehead atoms. The van der Waals surface area contributed by atoms with Gasteiger partial charge < -0.3 is 19.8 Å². The zero-order valence-electron chi connectivity index (χ0n) is 13.8. The molecule has 1 heterocycles. The number of ether oxygens (including phenoxy) is 1. The molecule has 25 heavy (non-hydrogen) atoms. The van der Waals surface area contributed by atoms with Gasteiger partial charge >= 0.3 is 19.8 Å². The molecule has 0 spiro atoms. The molecule has 0 saturated carbocycles. The van der Waals surface area contributed by atoms with Gasteiger partial charge in [0.05, 0.1) is 20.3 Å². The lowest BCUT2D eigenvalue weighted by Crippen LogP contribution is -2.21. The molecule has 1 aromatic rings. The van der Waals surface area contributed by atoms with Crippen LogP contribution in [0.3, 0.4) is 0 Å². The van der Waals surface area contributed by atoms with Crippen LogP contribution in [0.1, 0.15) is 19.5 Å². The molecule has 2 N–H and O–H groups in total. The van der Waals surface area contributed by atoms with E-state index in [1.165, 1.54) is 5.38 Å². The zero-order valence-corrected chi connectivity index (χ0v) is 15.5. The van der Waals surface area contributed by atoms with Gasteiger partial charge in [-0.15, -0.1) is 11.3 Å². The maximum atomic E-state index is 12.3. The van der Waals surface area contributed by atoms with Gasteiger partial charge in [0, 0.05) is 5.38 Å². The molecule has 0 radical (unpaired) electrons. The molecule has 0 aliphatic heterocycles. The molecule has 0 saturated heterocycles. The van der Waals surface area contributed by atoms with Gasteiger partial charge in [-0.25, -0.2) is 19.1 Å². The van der Waals surface area contributed by atoms with Crippen LogP contribution in [-0.4, -0.2) is 49.6 Å². The summed E-state index contributed by atoms with van der Waals surface area (Å²) >= 11 is 1.03. The Morgan fingerprint density at radius 2 is 1.96 bits per heavy atom. The minimum Gasteiger partial charge on any atom is -0.466 e. The number of nitrogens with two attached hydrogens (primary N) is 1. The summed E-state index contributed by atoms with van der Waals surface area (Å²) in [6, 6.07) is 0. The second-order valence-corrected chi connectivity index (χ2v) is 6.51. The van der Waals surface area contributed by atoms with Gasteiger partial charge in [-0.3, -0.25) is 9.05 Å². The van der Waals surface area contributed by atoms with Crippen LogP contribution in [0.25, 0.3) is 0 Å². The summed E-state index contributed by atoms with van der Waals surface area (Å²) < 4.78 is 31.2. The monoisotopic (exact) mass is 395 g/mol. The molecule has 11 nitrogen and oxygen atoms in total. The Kier molecular flexibility index (Phi) is 8.49. The van der Waals surface area contributed by atoms with Crippen molar-refractivity contribution in [1.29, 1.82) is 0 Å².